The van der Waals surface area contributed by atoms with Crippen molar-refractivity contribution in [1.29, 1.82) is 0 Å². The quantitative estimate of drug-likeness (QED) is 0.750. The van der Waals surface area contributed by atoms with E-state index in [1.807, 2.05) is 6.20 Å². The van der Waals surface area contributed by atoms with Gasteiger partial charge in [-0.1, -0.05) is 13.8 Å². The molecule has 1 aliphatic carbocycles. The minimum atomic E-state index is 0.597. The number of imidazole rings is 1. The highest BCUT2D eigenvalue weighted by Crippen LogP contribution is 2.51. The number of aromatic amines is 1. The molecule has 0 bridgehead atoms. The predicted molar refractivity (Wildman–Crippen MR) is 56.8 cm³/mol. The molecule has 0 amide bonds. The van der Waals surface area contributed by atoms with Crippen molar-refractivity contribution in [2.24, 2.45) is 11.3 Å². The van der Waals surface area contributed by atoms with Gasteiger partial charge < -0.3 is 10.3 Å². The van der Waals surface area contributed by atoms with Crippen molar-refractivity contribution in [3.8, 4) is 0 Å². The molecule has 78 valence electrons. The van der Waals surface area contributed by atoms with Crippen LogP contribution < -0.4 is 5.32 Å². The van der Waals surface area contributed by atoms with Crippen LogP contribution in [0.25, 0.3) is 0 Å². The monoisotopic (exact) mass is 193 g/mol. The van der Waals surface area contributed by atoms with Crippen LogP contribution in [0.1, 0.15) is 32.4 Å². The van der Waals surface area contributed by atoms with Crippen molar-refractivity contribution in [2.45, 2.75) is 33.2 Å². The molecule has 0 spiro atoms. The number of rotatable bonds is 5. The highest BCUT2D eigenvalue weighted by atomic mass is 14.9. The van der Waals surface area contributed by atoms with Gasteiger partial charge in [-0.3, -0.25) is 0 Å². The Labute approximate surface area is 85.3 Å². The summed E-state index contributed by atoms with van der Waals surface area (Å²) in [5.74, 6) is 0.803. The zero-order valence-corrected chi connectivity index (χ0v) is 9.01. The van der Waals surface area contributed by atoms with E-state index in [4.69, 9.17) is 0 Å². The Hall–Kier alpha value is -0.830. The second-order valence-corrected chi connectivity index (χ2v) is 4.70. The van der Waals surface area contributed by atoms with E-state index in [-0.39, 0.29) is 0 Å². The van der Waals surface area contributed by atoms with Gasteiger partial charge in [-0.2, -0.15) is 0 Å². The topological polar surface area (TPSA) is 40.7 Å². The summed E-state index contributed by atoms with van der Waals surface area (Å²) in [5, 5.41) is 3.50. The molecule has 0 aromatic carbocycles. The Balaban J connectivity index is 1.73. The third kappa shape index (κ3) is 1.98. The Morgan fingerprint density at radius 2 is 2.36 bits per heavy atom. The second-order valence-electron chi connectivity index (χ2n) is 4.70. The van der Waals surface area contributed by atoms with Gasteiger partial charge in [0.2, 0.25) is 0 Å². The molecule has 1 aliphatic rings. The lowest BCUT2D eigenvalue weighted by Crippen LogP contribution is -2.27. The van der Waals surface area contributed by atoms with Gasteiger partial charge in [0.05, 0.1) is 6.33 Å². The number of aromatic nitrogens is 2. The first kappa shape index (κ1) is 9.71. The fourth-order valence-electron chi connectivity index (χ4n) is 1.95. The molecule has 0 atom stereocenters. The van der Waals surface area contributed by atoms with Crippen molar-refractivity contribution in [3.63, 3.8) is 0 Å². The molecule has 3 nitrogen and oxygen atoms in total. The Morgan fingerprint density at radius 3 is 2.86 bits per heavy atom. The fraction of sp³-hybridized carbons (Fsp3) is 0.727. The summed E-state index contributed by atoms with van der Waals surface area (Å²) in [7, 11) is 0. The van der Waals surface area contributed by atoms with E-state index >= 15 is 0 Å². The molecule has 1 aromatic heterocycles. The van der Waals surface area contributed by atoms with E-state index in [1.54, 1.807) is 6.33 Å². The molecule has 1 heterocycles. The number of hydrogen-bond donors (Lipinski definition) is 2. The van der Waals surface area contributed by atoms with Gasteiger partial charge in [0.1, 0.15) is 0 Å². The van der Waals surface area contributed by atoms with Crippen LogP contribution >= 0.6 is 0 Å². The number of nitrogens with zero attached hydrogens (tertiary/aromatic N) is 1. The molecule has 2 rings (SSSR count). The SMILES string of the molecule is CC(C)C1(CNCc2cnc[nH]2)CC1. The number of hydrogen-bond acceptors (Lipinski definition) is 2. The molecule has 2 N–H and O–H groups in total. The van der Waals surface area contributed by atoms with Crippen LogP contribution in [0, 0.1) is 11.3 Å². The van der Waals surface area contributed by atoms with Crippen LogP contribution in [0.4, 0.5) is 0 Å². The molecule has 1 saturated carbocycles. The summed E-state index contributed by atoms with van der Waals surface area (Å²) in [5.41, 5.74) is 1.77. The van der Waals surface area contributed by atoms with E-state index in [0.717, 1.165) is 19.0 Å². The summed E-state index contributed by atoms with van der Waals surface area (Å²) in [6.45, 7) is 6.70. The van der Waals surface area contributed by atoms with Crippen LogP contribution in [0.15, 0.2) is 12.5 Å². The smallest absolute Gasteiger partial charge is 0.0922 e. The highest BCUT2D eigenvalue weighted by Gasteiger charge is 2.44. The van der Waals surface area contributed by atoms with Gasteiger partial charge in [-0.05, 0) is 24.2 Å². The third-order valence-corrected chi connectivity index (χ3v) is 3.46. The minimum absolute atomic E-state index is 0.597. The van der Waals surface area contributed by atoms with Crippen LogP contribution in [0.3, 0.4) is 0 Å². The molecule has 1 aromatic rings. The van der Waals surface area contributed by atoms with E-state index in [9.17, 15) is 0 Å². The van der Waals surface area contributed by atoms with E-state index in [1.165, 1.54) is 18.5 Å². The van der Waals surface area contributed by atoms with Crippen LogP contribution in [-0.2, 0) is 6.54 Å². The van der Waals surface area contributed by atoms with Crippen molar-refractivity contribution in [1.82, 2.24) is 15.3 Å². The number of nitrogens with one attached hydrogen (secondary N) is 2. The average Bonchev–Trinajstić information content (AvgIpc) is 2.76. The van der Waals surface area contributed by atoms with E-state index < -0.39 is 0 Å². The molecule has 0 radical (unpaired) electrons. The van der Waals surface area contributed by atoms with E-state index in [2.05, 4.69) is 29.1 Å². The molecule has 0 unspecified atom stereocenters. The summed E-state index contributed by atoms with van der Waals surface area (Å²) >= 11 is 0. The van der Waals surface area contributed by atoms with Crippen molar-refractivity contribution >= 4 is 0 Å². The average molecular weight is 193 g/mol. The summed E-state index contributed by atoms with van der Waals surface area (Å²) < 4.78 is 0. The lowest BCUT2D eigenvalue weighted by Gasteiger charge is -2.19. The molecule has 3 heteroatoms. The number of H-pyrrole nitrogens is 1. The first-order chi connectivity index (χ1) is 6.73. The van der Waals surface area contributed by atoms with Gasteiger partial charge in [-0.25, -0.2) is 4.98 Å². The largest absolute Gasteiger partial charge is 0.347 e. The zero-order chi connectivity index (χ0) is 10.0. The molecular weight excluding hydrogens is 174 g/mol. The third-order valence-electron chi connectivity index (χ3n) is 3.46. The maximum Gasteiger partial charge on any atom is 0.0922 e. The van der Waals surface area contributed by atoms with Gasteiger partial charge >= 0.3 is 0 Å². The predicted octanol–water partition coefficient (Wildman–Crippen LogP) is 1.94. The second kappa shape index (κ2) is 3.73. The first-order valence-corrected chi connectivity index (χ1v) is 5.41. The van der Waals surface area contributed by atoms with Crippen LogP contribution in [0.2, 0.25) is 0 Å². The van der Waals surface area contributed by atoms with Crippen molar-refractivity contribution < 1.29 is 0 Å². The maximum absolute atomic E-state index is 3.99. The molecular formula is C11H19N3. The Morgan fingerprint density at radius 1 is 1.57 bits per heavy atom. The van der Waals surface area contributed by atoms with Crippen LogP contribution in [-0.4, -0.2) is 16.5 Å². The fourth-order valence-corrected chi connectivity index (χ4v) is 1.95. The highest BCUT2D eigenvalue weighted by molar-refractivity contribution is 4.99. The Bertz CT molecular complexity index is 273. The van der Waals surface area contributed by atoms with Gasteiger partial charge in [-0.15, -0.1) is 0 Å². The maximum atomic E-state index is 3.99. The molecule has 1 fully saturated rings. The van der Waals surface area contributed by atoms with Crippen LogP contribution in [0.5, 0.6) is 0 Å². The molecule has 0 saturated heterocycles. The zero-order valence-electron chi connectivity index (χ0n) is 9.01. The summed E-state index contributed by atoms with van der Waals surface area (Å²) in [4.78, 5) is 7.09. The van der Waals surface area contributed by atoms with Gasteiger partial charge in [0.25, 0.3) is 0 Å². The minimum Gasteiger partial charge on any atom is -0.347 e. The molecule has 0 aliphatic heterocycles. The normalized spacial score (nSPS) is 18.8. The summed E-state index contributed by atoms with van der Waals surface area (Å²) in [6.07, 6.45) is 6.38. The first-order valence-electron chi connectivity index (χ1n) is 5.41. The van der Waals surface area contributed by atoms with Gasteiger partial charge in [0, 0.05) is 25.0 Å². The lowest BCUT2D eigenvalue weighted by molar-refractivity contribution is 0.337. The molecule has 14 heavy (non-hydrogen) atoms. The van der Waals surface area contributed by atoms with Crippen molar-refractivity contribution in [2.75, 3.05) is 6.54 Å². The lowest BCUT2D eigenvalue weighted by atomic mass is 9.92. The van der Waals surface area contributed by atoms with Gasteiger partial charge in [0.15, 0.2) is 0 Å². The van der Waals surface area contributed by atoms with Crippen molar-refractivity contribution in [3.05, 3.63) is 18.2 Å². The summed E-state index contributed by atoms with van der Waals surface area (Å²) in [6, 6.07) is 0. The standard InChI is InChI=1S/C11H19N3/c1-9(2)11(3-4-11)7-12-5-10-6-13-8-14-10/h6,8-9,12H,3-5,7H2,1-2H3,(H,13,14). The Kier molecular flexibility index (Phi) is 2.59. The van der Waals surface area contributed by atoms with E-state index in [0.29, 0.717) is 5.41 Å².